The average Bonchev–Trinajstić information content (AvgIpc) is 3.35. The minimum atomic E-state index is -2.33. The van der Waals surface area contributed by atoms with Gasteiger partial charge in [0.25, 0.3) is 11.8 Å². The number of nitrogens with zero attached hydrogens (tertiary/aromatic N) is 5. The molecule has 3 aliphatic heterocycles. The second-order valence-electron chi connectivity index (χ2n) is 14.1. The molecule has 1 aromatic heterocycles. The maximum atomic E-state index is 13.5. The summed E-state index contributed by atoms with van der Waals surface area (Å²) in [6, 6.07) is 4.88. The maximum Gasteiger partial charge on any atom is 0.327 e. The van der Waals surface area contributed by atoms with Crippen LogP contribution >= 0.6 is 19.9 Å². The summed E-state index contributed by atoms with van der Waals surface area (Å²) in [5.74, 6) is -0.631. The number of hydrogen-bond acceptors (Lipinski definition) is 11. The van der Waals surface area contributed by atoms with E-state index in [1.807, 2.05) is 13.8 Å². The first-order valence-electron chi connectivity index (χ1n) is 16.0. The number of phenols is 1. The molecule has 4 heterocycles. The van der Waals surface area contributed by atoms with Crippen LogP contribution in [0.4, 0.5) is 0 Å². The van der Waals surface area contributed by atoms with Gasteiger partial charge in [0.1, 0.15) is 17.3 Å². The Labute approximate surface area is 281 Å². The SMILES string of the molecule is CC(C)(C)C.CC(C)CC1ON(C(=O)/C=C/c2nc3cc(O)ccc3s2)C2CN(C3CN(CCCCOP(O)O)C3)C(=O)CN2C1=O. The molecule has 3 saturated heterocycles. The van der Waals surface area contributed by atoms with E-state index in [9.17, 15) is 19.5 Å². The van der Waals surface area contributed by atoms with Gasteiger partial charge in [-0.3, -0.25) is 24.1 Å². The van der Waals surface area contributed by atoms with Gasteiger partial charge in [-0.15, -0.1) is 11.3 Å². The molecule has 3 amide bonds. The first-order chi connectivity index (χ1) is 22.1. The summed E-state index contributed by atoms with van der Waals surface area (Å²) in [6.07, 6.45) is 3.28. The molecule has 3 aliphatic rings. The number of fused-ring (bicyclic) bond motifs is 2. The lowest BCUT2D eigenvalue weighted by molar-refractivity contribution is -0.270. The molecule has 15 heteroatoms. The molecule has 260 valence electrons. The molecule has 5 rings (SSSR count). The molecule has 0 aliphatic carbocycles. The summed E-state index contributed by atoms with van der Waals surface area (Å²) in [6.45, 7) is 15.2. The van der Waals surface area contributed by atoms with Crippen molar-refractivity contribution in [3.05, 3.63) is 29.3 Å². The topological polar surface area (TPSA) is 156 Å². The van der Waals surface area contributed by atoms with E-state index >= 15 is 0 Å². The third kappa shape index (κ3) is 10.6. The smallest absolute Gasteiger partial charge is 0.327 e. The number of carbonyl (C=O) groups excluding carboxylic acids is 3. The summed E-state index contributed by atoms with van der Waals surface area (Å²) in [5.41, 5.74) is 1.13. The van der Waals surface area contributed by atoms with E-state index < -0.39 is 26.8 Å². The van der Waals surface area contributed by atoms with Crippen molar-refractivity contribution in [1.29, 1.82) is 0 Å². The zero-order chi connectivity index (χ0) is 34.5. The number of aromatic hydroxyl groups is 1. The molecule has 3 fully saturated rings. The predicted molar refractivity (Wildman–Crippen MR) is 181 cm³/mol. The third-order valence-electron chi connectivity index (χ3n) is 7.53. The molecular weight excluding hydrogens is 645 g/mol. The molecule has 2 atom stereocenters. The van der Waals surface area contributed by atoms with Crippen molar-refractivity contribution in [3.8, 4) is 5.75 Å². The average molecular weight is 694 g/mol. The van der Waals surface area contributed by atoms with Crippen LogP contribution in [0.15, 0.2) is 24.3 Å². The van der Waals surface area contributed by atoms with Crippen molar-refractivity contribution in [2.75, 3.05) is 39.3 Å². The number of aromatic nitrogens is 1. The Morgan fingerprint density at radius 3 is 2.51 bits per heavy atom. The van der Waals surface area contributed by atoms with Crippen LogP contribution in [0.3, 0.4) is 0 Å². The number of unbranched alkanes of at least 4 members (excludes halogenated alkanes) is 1. The lowest BCUT2D eigenvalue weighted by atomic mass is 10.0. The highest BCUT2D eigenvalue weighted by Crippen LogP contribution is 2.30. The fourth-order valence-electron chi connectivity index (χ4n) is 5.43. The van der Waals surface area contributed by atoms with E-state index in [0.717, 1.165) is 17.7 Å². The second-order valence-corrected chi connectivity index (χ2v) is 16.0. The Morgan fingerprint density at radius 1 is 1.15 bits per heavy atom. The van der Waals surface area contributed by atoms with Gasteiger partial charge in [-0.05, 0) is 55.3 Å². The highest BCUT2D eigenvalue weighted by atomic mass is 32.1. The van der Waals surface area contributed by atoms with Crippen LogP contribution < -0.4 is 0 Å². The Morgan fingerprint density at radius 2 is 1.85 bits per heavy atom. The first-order valence-corrected chi connectivity index (χ1v) is 18.0. The minimum absolute atomic E-state index is 0.0335. The quantitative estimate of drug-likeness (QED) is 0.179. The normalized spacial score (nSPS) is 21.1. The molecule has 2 aromatic rings. The van der Waals surface area contributed by atoms with Crippen molar-refractivity contribution in [2.24, 2.45) is 11.3 Å². The lowest BCUT2D eigenvalue weighted by Crippen LogP contribution is -2.73. The molecule has 2 unspecified atom stereocenters. The van der Waals surface area contributed by atoms with Crippen molar-refractivity contribution in [1.82, 2.24) is 24.7 Å². The largest absolute Gasteiger partial charge is 0.508 e. The van der Waals surface area contributed by atoms with Crippen LogP contribution in [-0.4, -0.2) is 115 Å². The van der Waals surface area contributed by atoms with E-state index in [4.69, 9.17) is 19.1 Å². The number of benzene rings is 1. The number of carbonyl (C=O) groups is 3. The fourth-order valence-corrected chi connectivity index (χ4v) is 6.57. The molecule has 0 spiro atoms. The first kappa shape index (κ1) is 37.1. The Bertz CT molecular complexity index is 1420. The van der Waals surface area contributed by atoms with Gasteiger partial charge in [-0.2, -0.15) is 5.06 Å². The van der Waals surface area contributed by atoms with Crippen LogP contribution in [0.1, 0.15) is 65.8 Å². The zero-order valence-corrected chi connectivity index (χ0v) is 29.7. The van der Waals surface area contributed by atoms with Crippen LogP contribution in [0.25, 0.3) is 16.3 Å². The second kappa shape index (κ2) is 16.1. The third-order valence-corrected chi connectivity index (χ3v) is 8.94. The summed E-state index contributed by atoms with van der Waals surface area (Å²) in [5, 5.41) is 11.5. The predicted octanol–water partition coefficient (Wildman–Crippen LogP) is 3.95. The van der Waals surface area contributed by atoms with Crippen molar-refractivity contribution in [2.45, 2.75) is 79.1 Å². The Balaban J connectivity index is 0.000000930. The summed E-state index contributed by atoms with van der Waals surface area (Å²) in [7, 11) is -2.33. The molecular formula is C32H48N5O8PS. The Kier molecular flexibility index (Phi) is 12.7. The molecule has 13 nitrogen and oxygen atoms in total. The van der Waals surface area contributed by atoms with Crippen LogP contribution in [0, 0.1) is 11.3 Å². The standard InChI is InChI=1S/C27H36N5O8PS.C5H12/c1-17(2)11-21-27(36)31-16-26(35)30(18-13-29(14-18)9-3-4-10-39-41(37)38)15-24(31)32(40-21)25(34)8-7-23-28-20-12-19(33)5-6-22(20)42-23;1-5(2,3)4/h5-8,12,17-18,21,24,33,37-38H,3-4,9-11,13-16H2,1-2H3;1-4H3/b8-7+;. The molecule has 1 aromatic carbocycles. The monoisotopic (exact) mass is 693 g/mol. The van der Waals surface area contributed by atoms with E-state index in [-0.39, 0.29) is 49.2 Å². The van der Waals surface area contributed by atoms with E-state index in [1.54, 1.807) is 29.2 Å². The molecule has 0 saturated carbocycles. The van der Waals surface area contributed by atoms with Gasteiger partial charge < -0.3 is 29.2 Å². The zero-order valence-electron chi connectivity index (χ0n) is 28.0. The molecule has 0 radical (unpaired) electrons. The van der Waals surface area contributed by atoms with Crippen LogP contribution in [-0.2, 0) is 23.7 Å². The van der Waals surface area contributed by atoms with Gasteiger partial charge in [0.15, 0.2) is 12.3 Å². The van der Waals surface area contributed by atoms with E-state index in [0.29, 0.717) is 41.9 Å². The van der Waals surface area contributed by atoms with Crippen molar-refractivity contribution < 1.29 is 38.6 Å². The highest BCUT2D eigenvalue weighted by Gasteiger charge is 2.50. The molecule has 0 bridgehead atoms. The Hall–Kier alpha value is -2.71. The van der Waals surface area contributed by atoms with Gasteiger partial charge in [-0.1, -0.05) is 41.5 Å². The number of likely N-dealkylation sites (tertiary alicyclic amines) is 1. The summed E-state index contributed by atoms with van der Waals surface area (Å²) < 4.78 is 5.67. The van der Waals surface area contributed by atoms with Crippen LogP contribution in [0.5, 0.6) is 5.75 Å². The summed E-state index contributed by atoms with van der Waals surface area (Å²) in [4.78, 5) is 73.6. The molecule has 47 heavy (non-hydrogen) atoms. The van der Waals surface area contributed by atoms with Crippen molar-refractivity contribution in [3.63, 3.8) is 0 Å². The fraction of sp³-hybridized carbons (Fsp3) is 0.625. The number of rotatable bonds is 11. The highest BCUT2D eigenvalue weighted by molar-refractivity contribution is 7.39. The number of amides is 3. The molecule has 3 N–H and O–H groups in total. The van der Waals surface area contributed by atoms with Gasteiger partial charge in [-0.25, -0.2) is 4.98 Å². The maximum absolute atomic E-state index is 13.5. The van der Waals surface area contributed by atoms with E-state index in [2.05, 4.69) is 37.6 Å². The number of hydrogen-bond donors (Lipinski definition) is 3. The van der Waals surface area contributed by atoms with Gasteiger partial charge in [0.2, 0.25) is 5.91 Å². The minimum Gasteiger partial charge on any atom is -0.508 e. The summed E-state index contributed by atoms with van der Waals surface area (Å²) >= 11 is 1.38. The van der Waals surface area contributed by atoms with Gasteiger partial charge in [0.05, 0.1) is 29.4 Å². The van der Waals surface area contributed by atoms with Crippen molar-refractivity contribution >= 4 is 54.0 Å². The number of piperazine rings is 1. The van der Waals surface area contributed by atoms with Gasteiger partial charge in [0, 0.05) is 25.2 Å². The number of thiazole rings is 1. The lowest BCUT2D eigenvalue weighted by Gasteiger charge is -2.53. The van der Waals surface area contributed by atoms with Gasteiger partial charge >= 0.3 is 8.60 Å². The van der Waals surface area contributed by atoms with Crippen LogP contribution in [0.2, 0.25) is 0 Å². The van der Waals surface area contributed by atoms with E-state index in [1.165, 1.54) is 27.4 Å². The number of hydroxylamine groups is 2. The number of phenolic OH excluding ortho intramolecular Hbond substituents is 1.